The number of amides is 1. The predicted molar refractivity (Wildman–Crippen MR) is 76.7 cm³/mol. The molecule has 19 heavy (non-hydrogen) atoms. The zero-order valence-corrected chi connectivity index (χ0v) is 11.1. The van der Waals surface area contributed by atoms with Crippen molar-refractivity contribution in [1.82, 2.24) is 4.57 Å². The normalized spacial score (nSPS) is 10.2. The maximum absolute atomic E-state index is 11.4. The summed E-state index contributed by atoms with van der Waals surface area (Å²) in [5.74, 6) is 2.18. The topological polar surface area (TPSA) is 48.0 Å². The molecule has 2 N–H and O–H groups in total. The Morgan fingerprint density at radius 1 is 1.32 bits per heavy atom. The molecule has 0 saturated heterocycles. The van der Waals surface area contributed by atoms with Crippen LogP contribution < -0.4 is 5.73 Å². The zero-order chi connectivity index (χ0) is 14.0. The van der Waals surface area contributed by atoms with E-state index in [-0.39, 0.29) is 0 Å². The van der Waals surface area contributed by atoms with Crippen molar-refractivity contribution in [2.24, 2.45) is 5.73 Å². The van der Waals surface area contributed by atoms with Gasteiger partial charge in [-0.3, -0.25) is 4.79 Å². The van der Waals surface area contributed by atoms with E-state index in [2.05, 4.69) is 5.92 Å². The molecule has 2 aromatic rings. The number of carbonyl (C=O) groups excluding carboxylic acids is 1. The molecule has 96 valence electrons. The molecule has 0 spiro atoms. The van der Waals surface area contributed by atoms with Crippen LogP contribution in [0.5, 0.6) is 0 Å². The van der Waals surface area contributed by atoms with E-state index in [4.69, 9.17) is 12.2 Å². The van der Waals surface area contributed by atoms with Gasteiger partial charge in [0.05, 0.1) is 12.1 Å². The molecule has 2 rings (SSSR count). The first-order valence-electron chi connectivity index (χ1n) is 6.05. The SMILES string of the molecule is C#CCn1c(-c2ccc(C)cc2)cc(C(N)=O)c1C. The Morgan fingerprint density at radius 2 is 1.95 bits per heavy atom. The summed E-state index contributed by atoms with van der Waals surface area (Å²) in [5.41, 5.74) is 9.85. The third-order valence-electron chi connectivity index (χ3n) is 3.23. The lowest BCUT2D eigenvalue weighted by molar-refractivity contribution is 0.0999. The molecule has 1 amide bonds. The zero-order valence-electron chi connectivity index (χ0n) is 11.1. The molecule has 0 radical (unpaired) electrons. The van der Waals surface area contributed by atoms with Crippen LogP contribution in [-0.4, -0.2) is 10.5 Å². The molecule has 0 aliphatic carbocycles. The molecule has 1 heterocycles. The largest absolute Gasteiger partial charge is 0.366 e. The summed E-state index contributed by atoms with van der Waals surface area (Å²) in [6, 6.07) is 9.90. The van der Waals surface area contributed by atoms with Gasteiger partial charge in [-0.25, -0.2) is 0 Å². The molecular weight excluding hydrogens is 236 g/mol. The van der Waals surface area contributed by atoms with Gasteiger partial charge in [0.15, 0.2) is 0 Å². The Balaban J connectivity index is 2.62. The molecule has 1 aromatic heterocycles. The average Bonchev–Trinajstić information content (AvgIpc) is 2.69. The number of rotatable bonds is 3. The minimum absolute atomic E-state index is 0.419. The van der Waals surface area contributed by atoms with Crippen LogP contribution in [-0.2, 0) is 6.54 Å². The summed E-state index contributed by atoms with van der Waals surface area (Å²) in [5, 5.41) is 0. The molecule has 0 unspecified atom stereocenters. The van der Waals surface area contributed by atoms with Crippen molar-refractivity contribution in [2.75, 3.05) is 0 Å². The van der Waals surface area contributed by atoms with Crippen LogP contribution >= 0.6 is 0 Å². The van der Waals surface area contributed by atoms with E-state index in [1.54, 1.807) is 6.07 Å². The number of nitrogens with zero attached hydrogens (tertiary/aromatic N) is 1. The second kappa shape index (κ2) is 5.03. The molecule has 0 aliphatic rings. The third-order valence-corrected chi connectivity index (χ3v) is 3.23. The van der Waals surface area contributed by atoms with Crippen molar-refractivity contribution in [1.29, 1.82) is 0 Å². The standard InChI is InChI=1S/C16H16N2O/c1-4-9-18-12(3)14(16(17)19)10-15(18)13-7-5-11(2)6-8-13/h1,5-8,10H,9H2,2-3H3,(H2,17,19). The van der Waals surface area contributed by atoms with Gasteiger partial charge in [-0.2, -0.15) is 0 Å². The van der Waals surface area contributed by atoms with Crippen LogP contribution in [0.25, 0.3) is 11.3 Å². The van der Waals surface area contributed by atoms with E-state index in [0.717, 1.165) is 17.0 Å². The summed E-state index contributed by atoms with van der Waals surface area (Å²) in [6.07, 6.45) is 5.40. The Morgan fingerprint density at radius 3 is 2.47 bits per heavy atom. The van der Waals surface area contributed by atoms with Crippen LogP contribution in [0.15, 0.2) is 30.3 Å². The fourth-order valence-electron chi connectivity index (χ4n) is 2.15. The van der Waals surface area contributed by atoms with Crippen LogP contribution in [0.4, 0.5) is 0 Å². The molecule has 1 aromatic carbocycles. The number of hydrogen-bond donors (Lipinski definition) is 1. The van der Waals surface area contributed by atoms with Gasteiger partial charge >= 0.3 is 0 Å². The van der Waals surface area contributed by atoms with Gasteiger partial charge in [0.1, 0.15) is 0 Å². The second-order valence-electron chi connectivity index (χ2n) is 4.55. The van der Waals surface area contributed by atoms with Crippen molar-refractivity contribution in [3.8, 4) is 23.6 Å². The minimum Gasteiger partial charge on any atom is -0.366 e. The molecule has 0 bridgehead atoms. The first-order chi connectivity index (χ1) is 9.04. The highest BCUT2D eigenvalue weighted by Crippen LogP contribution is 2.26. The number of hydrogen-bond acceptors (Lipinski definition) is 1. The van der Waals surface area contributed by atoms with Crippen LogP contribution in [0.1, 0.15) is 21.6 Å². The van der Waals surface area contributed by atoms with E-state index in [1.807, 2.05) is 42.7 Å². The van der Waals surface area contributed by atoms with Crippen molar-refractivity contribution >= 4 is 5.91 Å². The number of aromatic nitrogens is 1. The van der Waals surface area contributed by atoms with Gasteiger partial charge in [-0.05, 0) is 25.5 Å². The van der Waals surface area contributed by atoms with E-state index in [0.29, 0.717) is 12.1 Å². The molecular formula is C16H16N2O. The van der Waals surface area contributed by atoms with Gasteiger partial charge in [0.2, 0.25) is 0 Å². The number of primary amides is 1. The maximum atomic E-state index is 11.4. The van der Waals surface area contributed by atoms with E-state index in [1.165, 1.54) is 5.56 Å². The quantitative estimate of drug-likeness (QED) is 0.838. The predicted octanol–water partition coefficient (Wildman–Crippen LogP) is 2.50. The molecule has 0 fully saturated rings. The van der Waals surface area contributed by atoms with E-state index < -0.39 is 5.91 Å². The van der Waals surface area contributed by atoms with Gasteiger partial charge in [0.25, 0.3) is 5.91 Å². The van der Waals surface area contributed by atoms with Crippen LogP contribution in [0, 0.1) is 26.2 Å². The Kier molecular flexibility index (Phi) is 3.43. The number of aryl methyl sites for hydroxylation is 1. The Bertz CT molecular complexity index is 657. The summed E-state index contributed by atoms with van der Waals surface area (Å²) >= 11 is 0. The number of benzene rings is 1. The van der Waals surface area contributed by atoms with Gasteiger partial charge < -0.3 is 10.3 Å². The van der Waals surface area contributed by atoms with Crippen molar-refractivity contribution in [3.05, 3.63) is 47.2 Å². The van der Waals surface area contributed by atoms with E-state index >= 15 is 0 Å². The third kappa shape index (κ3) is 2.38. The van der Waals surface area contributed by atoms with Gasteiger partial charge in [0, 0.05) is 11.4 Å². The summed E-state index contributed by atoms with van der Waals surface area (Å²) in [7, 11) is 0. The van der Waals surface area contributed by atoms with Gasteiger partial charge in [-0.15, -0.1) is 6.42 Å². The number of nitrogens with two attached hydrogens (primary N) is 1. The first-order valence-corrected chi connectivity index (χ1v) is 6.05. The first kappa shape index (κ1) is 13.0. The summed E-state index contributed by atoms with van der Waals surface area (Å²) in [6.45, 7) is 4.31. The highest BCUT2D eigenvalue weighted by molar-refractivity contribution is 5.95. The fourth-order valence-corrected chi connectivity index (χ4v) is 2.15. The van der Waals surface area contributed by atoms with Crippen molar-refractivity contribution in [2.45, 2.75) is 20.4 Å². The smallest absolute Gasteiger partial charge is 0.250 e. The van der Waals surface area contributed by atoms with Gasteiger partial charge in [-0.1, -0.05) is 35.7 Å². The Hall–Kier alpha value is -2.47. The maximum Gasteiger partial charge on any atom is 0.250 e. The minimum atomic E-state index is -0.429. The van der Waals surface area contributed by atoms with Crippen molar-refractivity contribution in [3.63, 3.8) is 0 Å². The lowest BCUT2D eigenvalue weighted by Gasteiger charge is -2.08. The Labute approximate surface area is 113 Å². The molecule has 0 saturated carbocycles. The second-order valence-corrected chi connectivity index (χ2v) is 4.55. The van der Waals surface area contributed by atoms with Crippen LogP contribution in [0.3, 0.4) is 0 Å². The summed E-state index contributed by atoms with van der Waals surface area (Å²) in [4.78, 5) is 11.4. The highest BCUT2D eigenvalue weighted by atomic mass is 16.1. The number of carbonyl (C=O) groups is 1. The molecule has 3 heteroatoms. The molecule has 0 atom stereocenters. The molecule has 3 nitrogen and oxygen atoms in total. The van der Waals surface area contributed by atoms with E-state index in [9.17, 15) is 4.79 Å². The van der Waals surface area contributed by atoms with Crippen molar-refractivity contribution < 1.29 is 4.79 Å². The lowest BCUT2D eigenvalue weighted by Crippen LogP contribution is -2.12. The average molecular weight is 252 g/mol. The molecule has 0 aliphatic heterocycles. The summed E-state index contributed by atoms with van der Waals surface area (Å²) < 4.78 is 1.94. The monoisotopic (exact) mass is 252 g/mol. The lowest BCUT2D eigenvalue weighted by atomic mass is 10.1. The number of terminal acetylenes is 1. The van der Waals surface area contributed by atoms with Crippen LogP contribution in [0.2, 0.25) is 0 Å². The highest BCUT2D eigenvalue weighted by Gasteiger charge is 2.15. The fraction of sp³-hybridized carbons (Fsp3) is 0.188.